The maximum Gasteiger partial charge on any atom is 0.300 e. The maximum atomic E-state index is 14.9. The minimum absolute atomic E-state index is 0.0695. The van der Waals surface area contributed by atoms with Gasteiger partial charge in [-0.05, 0) is 68.8 Å². The smallest absolute Gasteiger partial charge is 0.300 e. The van der Waals surface area contributed by atoms with E-state index in [2.05, 4.69) is 4.90 Å². The molecule has 1 aliphatic heterocycles. The molecular formula is C29H27ClF2N2O4. The number of anilines is 2. The summed E-state index contributed by atoms with van der Waals surface area (Å²) in [7, 11) is 0. The summed E-state index contributed by atoms with van der Waals surface area (Å²) in [6.07, 6.45) is 0. The van der Waals surface area contributed by atoms with Gasteiger partial charge in [0.15, 0.2) is 0 Å². The predicted octanol–water partition coefficient (Wildman–Crippen LogP) is 6.49. The van der Waals surface area contributed by atoms with E-state index in [1.165, 1.54) is 12.1 Å². The molecule has 0 saturated carbocycles. The number of ether oxygens (including phenoxy) is 1. The average Bonchev–Trinajstić information content (AvgIpc) is 3.17. The summed E-state index contributed by atoms with van der Waals surface area (Å²) in [4.78, 5) is 29.6. The van der Waals surface area contributed by atoms with Crippen molar-refractivity contribution in [2.45, 2.75) is 26.8 Å². The summed E-state index contributed by atoms with van der Waals surface area (Å²) in [5.74, 6) is -4.00. The Kier molecular flexibility index (Phi) is 8.02. The van der Waals surface area contributed by atoms with Gasteiger partial charge in [0.05, 0.1) is 28.9 Å². The molecule has 1 heterocycles. The maximum absolute atomic E-state index is 14.9. The van der Waals surface area contributed by atoms with E-state index in [0.29, 0.717) is 17.9 Å². The molecule has 38 heavy (non-hydrogen) atoms. The van der Waals surface area contributed by atoms with Gasteiger partial charge in [-0.1, -0.05) is 23.7 Å². The van der Waals surface area contributed by atoms with Crippen LogP contribution in [0.4, 0.5) is 20.2 Å². The molecule has 3 aromatic carbocycles. The Balaban J connectivity index is 1.95. The number of halogens is 3. The van der Waals surface area contributed by atoms with Gasteiger partial charge in [0.25, 0.3) is 11.7 Å². The first kappa shape index (κ1) is 27.1. The van der Waals surface area contributed by atoms with Crippen LogP contribution in [0.25, 0.3) is 5.76 Å². The first-order valence-electron chi connectivity index (χ1n) is 12.2. The van der Waals surface area contributed by atoms with Gasteiger partial charge in [0.2, 0.25) is 0 Å². The van der Waals surface area contributed by atoms with Crippen molar-refractivity contribution in [3.05, 3.63) is 94.0 Å². The number of hydrogen-bond donors (Lipinski definition) is 1. The molecule has 0 bridgehead atoms. The second-order valence-corrected chi connectivity index (χ2v) is 9.01. The van der Waals surface area contributed by atoms with Gasteiger partial charge < -0.3 is 14.7 Å². The van der Waals surface area contributed by atoms with Crippen LogP contribution in [0, 0.1) is 11.6 Å². The van der Waals surface area contributed by atoms with Gasteiger partial charge in [-0.2, -0.15) is 0 Å². The topological polar surface area (TPSA) is 70.1 Å². The van der Waals surface area contributed by atoms with Crippen molar-refractivity contribution in [2.75, 3.05) is 29.5 Å². The van der Waals surface area contributed by atoms with Crippen molar-refractivity contribution < 1.29 is 28.2 Å². The first-order chi connectivity index (χ1) is 18.2. The predicted molar refractivity (Wildman–Crippen MR) is 144 cm³/mol. The summed E-state index contributed by atoms with van der Waals surface area (Å²) in [5.41, 5.74) is 0.672. The van der Waals surface area contributed by atoms with E-state index in [0.717, 1.165) is 41.9 Å². The molecule has 1 fully saturated rings. The van der Waals surface area contributed by atoms with Crippen molar-refractivity contribution in [3.63, 3.8) is 0 Å². The second-order valence-electron chi connectivity index (χ2n) is 8.60. The molecule has 3 aromatic rings. The van der Waals surface area contributed by atoms with E-state index >= 15 is 0 Å². The van der Waals surface area contributed by atoms with Gasteiger partial charge in [-0.15, -0.1) is 0 Å². The number of carbonyl (C=O) groups excluding carboxylic acids is 2. The molecule has 9 heteroatoms. The number of amides is 1. The molecule has 1 unspecified atom stereocenters. The van der Waals surface area contributed by atoms with Crippen molar-refractivity contribution >= 4 is 40.4 Å². The van der Waals surface area contributed by atoms with Crippen molar-refractivity contribution in [3.8, 4) is 5.75 Å². The molecule has 1 aliphatic rings. The Morgan fingerprint density at radius 2 is 1.68 bits per heavy atom. The zero-order valence-electron chi connectivity index (χ0n) is 21.2. The molecule has 4 rings (SSSR count). The molecule has 0 aromatic heterocycles. The van der Waals surface area contributed by atoms with Gasteiger partial charge in [-0.25, -0.2) is 8.78 Å². The summed E-state index contributed by atoms with van der Waals surface area (Å²) in [6.45, 7) is 7.69. The highest BCUT2D eigenvalue weighted by molar-refractivity contribution is 6.52. The zero-order chi connectivity index (χ0) is 27.6. The summed E-state index contributed by atoms with van der Waals surface area (Å²) in [6, 6.07) is 13.0. The summed E-state index contributed by atoms with van der Waals surface area (Å²) < 4.78 is 34.6. The van der Waals surface area contributed by atoms with Crippen molar-refractivity contribution in [2.24, 2.45) is 0 Å². The number of nitrogens with zero attached hydrogens (tertiary/aromatic N) is 2. The van der Waals surface area contributed by atoms with E-state index in [9.17, 15) is 23.5 Å². The zero-order valence-corrected chi connectivity index (χ0v) is 21.9. The average molecular weight is 541 g/mol. The highest BCUT2D eigenvalue weighted by Gasteiger charge is 2.48. The fourth-order valence-corrected chi connectivity index (χ4v) is 4.82. The normalized spacial score (nSPS) is 16.7. The van der Waals surface area contributed by atoms with Crippen LogP contribution in [0.1, 0.15) is 37.9 Å². The Hall–Kier alpha value is -3.91. The van der Waals surface area contributed by atoms with Crippen LogP contribution < -0.4 is 14.5 Å². The van der Waals surface area contributed by atoms with E-state index < -0.39 is 40.8 Å². The first-order valence-corrected chi connectivity index (χ1v) is 12.6. The monoisotopic (exact) mass is 540 g/mol. The molecule has 0 aliphatic carbocycles. The fraction of sp³-hybridized carbons (Fsp3) is 0.241. The van der Waals surface area contributed by atoms with Gasteiger partial charge in [0.1, 0.15) is 23.1 Å². The molecule has 1 saturated heterocycles. The Labute approximate surface area is 224 Å². The molecule has 198 valence electrons. The lowest BCUT2D eigenvalue weighted by Gasteiger charge is -2.27. The third kappa shape index (κ3) is 4.96. The van der Waals surface area contributed by atoms with Crippen LogP contribution in [-0.4, -0.2) is 36.5 Å². The minimum atomic E-state index is -1.25. The molecule has 1 amide bonds. The molecule has 0 spiro atoms. The second kappa shape index (κ2) is 11.2. The lowest BCUT2D eigenvalue weighted by molar-refractivity contribution is -0.132. The van der Waals surface area contributed by atoms with Gasteiger partial charge in [0, 0.05) is 30.4 Å². The fourth-order valence-electron chi connectivity index (χ4n) is 4.61. The quantitative estimate of drug-likeness (QED) is 0.201. The number of Topliss-reactive ketones (excluding diaryl/α,β-unsaturated/α-hetero) is 1. The van der Waals surface area contributed by atoms with Crippen LogP contribution in [0.5, 0.6) is 5.75 Å². The molecule has 1 N–H and O–H groups in total. The van der Waals surface area contributed by atoms with Crippen LogP contribution in [-0.2, 0) is 9.59 Å². The number of rotatable bonds is 8. The molecule has 0 radical (unpaired) electrons. The molecular weight excluding hydrogens is 514 g/mol. The van der Waals surface area contributed by atoms with Crippen molar-refractivity contribution in [1.29, 1.82) is 0 Å². The highest BCUT2D eigenvalue weighted by atomic mass is 35.5. The Morgan fingerprint density at radius 1 is 1.00 bits per heavy atom. The molecule has 1 atom stereocenters. The van der Waals surface area contributed by atoms with Gasteiger partial charge in [-0.3, -0.25) is 14.5 Å². The number of benzene rings is 3. The van der Waals surface area contributed by atoms with E-state index in [1.54, 1.807) is 25.1 Å². The number of carbonyl (C=O) groups is 2. The van der Waals surface area contributed by atoms with Crippen LogP contribution in [0.15, 0.2) is 66.2 Å². The van der Waals surface area contributed by atoms with Crippen LogP contribution in [0.2, 0.25) is 5.02 Å². The summed E-state index contributed by atoms with van der Waals surface area (Å²) >= 11 is 6.36. The van der Waals surface area contributed by atoms with Crippen LogP contribution >= 0.6 is 11.6 Å². The minimum Gasteiger partial charge on any atom is -0.507 e. The Bertz CT molecular complexity index is 1400. The summed E-state index contributed by atoms with van der Waals surface area (Å²) in [5, 5.41) is 11.5. The van der Waals surface area contributed by atoms with Gasteiger partial charge >= 0.3 is 0 Å². The molecule has 6 nitrogen and oxygen atoms in total. The number of ketones is 1. The number of aliphatic hydroxyl groups is 1. The lowest BCUT2D eigenvalue weighted by atomic mass is 9.94. The largest absolute Gasteiger partial charge is 0.507 e. The van der Waals surface area contributed by atoms with E-state index in [-0.39, 0.29) is 16.2 Å². The Morgan fingerprint density at radius 3 is 2.32 bits per heavy atom. The third-order valence-electron chi connectivity index (χ3n) is 6.45. The number of hydrogen-bond acceptors (Lipinski definition) is 5. The standard InChI is InChI=1S/C29H27ClF2N2O4/c1-4-33(5-2)19-10-7-17(8-11-19)26-25(27(35)21-16-20(38-6-3)12-13-22(21)30)28(36)29(37)34(26)24-15-18(31)9-14-23(24)32/h7-16,26,35H,4-6H2,1-3H3/b27-25+. The SMILES string of the molecule is CCOc1ccc(Cl)c(/C(O)=C2\C(=O)C(=O)N(c3cc(F)ccc3F)C2c2ccc(N(CC)CC)cc2)c1. The lowest BCUT2D eigenvalue weighted by Crippen LogP contribution is -2.30. The third-order valence-corrected chi connectivity index (χ3v) is 6.78. The van der Waals surface area contributed by atoms with E-state index in [1.807, 2.05) is 26.0 Å². The van der Waals surface area contributed by atoms with Crippen LogP contribution in [0.3, 0.4) is 0 Å². The van der Waals surface area contributed by atoms with Crippen molar-refractivity contribution in [1.82, 2.24) is 0 Å². The van der Waals surface area contributed by atoms with E-state index in [4.69, 9.17) is 16.3 Å². The highest BCUT2D eigenvalue weighted by Crippen LogP contribution is 2.44. The number of aliphatic hydroxyl groups excluding tert-OH is 1.